The number of carbonyl (C=O) groups excluding carboxylic acids is 1. The number of amides is 1. The maximum absolute atomic E-state index is 12.5. The van der Waals surface area contributed by atoms with Crippen LogP contribution >= 0.6 is 0 Å². The number of fused-ring (bicyclic) bond motifs is 1. The highest BCUT2D eigenvalue weighted by Crippen LogP contribution is 2.37. The van der Waals surface area contributed by atoms with Crippen molar-refractivity contribution in [3.05, 3.63) is 48.3 Å². The summed E-state index contributed by atoms with van der Waals surface area (Å²) in [5, 5.41) is 4.36. The van der Waals surface area contributed by atoms with Crippen molar-refractivity contribution in [3.8, 4) is 5.69 Å². The van der Waals surface area contributed by atoms with Gasteiger partial charge in [-0.05, 0) is 42.4 Å². The summed E-state index contributed by atoms with van der Waals surface area (Å²) < 4.78 is 1.82. The number of aromatic nitrogens is 2. The molecular weight excluding hydrogens is 288 g/mol. The number of hydrogen-bond acceptors (Lipinski definition) is 3. The molecule has 2 aromatic rings. The van der Waals surface area contributed by atoms with Gasteiger partial charge in [-0.3, -0.25) is 4.79 Å². The van der Waals surface area contributed by atoms with Gasteiger partial charge in [0.2, 0.25) is 5.91 Å². The highest BCUT2D eigenvalue weighted by molar-refractivity contribution is 5.79. The van der Waals surface area contributed by atoms with E-state index in [4.69, 9.17) is 5.73 Å². The van der Waals surface area contributed by atoms with E-state index in [0.717, 1.165) is 30.8 Å². The van der Waals surface area contributed by atoms with E-state index in [0.29, 0.717) is 18.3 Å². The van der Waals surface area contributed by atoms with Crippen molar-refractivity contribution in [1.82, 2.24) is 14.7 Å². The van der Waals surface area contributed by atoms with Crippen molar-refractivity contribution in [2.45, 2.75) is 25.3 Å². The van der Waals surface area contributed by atoms with Gasteiger partial charge >= 0.3 is 0 Å². The largest absolute Gasteiger partial charge is 0.342 e. The van der Waals surface area contributed by atoms with Crippen LogP contribution in [0.4, 0.5) is 0 Å². The Morgan fingerprint density at radius 2 is 2.04 bits per heavy atom. The van der Waals surface area contributed by atoms with Crippen molar-refractivity contribution in [3.63, 3.8) is 0 Å². The molecule has 5 nitrogen and oxygen atoms in total. The molecule has 0 radical (unpaired) electrons. The molecular formula is C18H22N4O. The van der Waals surface area contributed by atoms with E-state index >= 15 is 0 Å². The molecule has 3 unspecified atom stereocenters. The van der Waals surface area contributed by atoms with Gasteiger partial charge in [0.25, 0.3) is 0 Å². The van der Waals surface area contributed by atoms with Crippen molar-refractivity contribution in [2.24, 2.45) is 17.6 Å². The van der Waals surface area contributed by atoms with Gasteiger partial charge in [-0.15, -0.1) is 0 Å². The van der Waals surface area contributed by atoms with E-state index in [1.165, 1.54) is 6.42 Å². The van der Waals surface area contributed by atoms with Crippen LogP contribution in [0, 0.1) is 11.8 Å². The lowest BCUT2D eigenvalue weighted by Gasteiger charge is -2.18. The van der Waals surface area contributed by atoms with Crippen LogP contribution in [-0.2, 0) is 11.2 Å². The van der Waals surface area contributed by atoms with Gasteiger partial charge in [-0.2, -0.15) is 5.10 Å². The van der Waals surface area contributed by atoms with E-state index in [1.807, 2.05) is 46.1 Å². The molecule has 1 aliphatic heterocycles. The Balaban J connectivity index is 1.41. The molecule has 1 saturated carbocycles. The molecule has 3 atom stereocenters. The lowest BCUT2D eigenvalue weighted by atomic mass is 9.98. The third-order valence-corrected chi connectivity index (χ3v) is 5.28. The molecule has 2 aliphatic rings. The third-order valence-electron chi connectivity index (χ3n) is 5.28. The number of para-hydroxylation sites is 1. The van der Waals surface area contributed by atoms with Crippen LogP contribution in [0.25, 0.3) is 5.69 Å². The molecule has 5 heteroatoms. The Labute approximate surface area is 136 Å². The zero-order valence-electron chi connectivity index (χ0n) is 13.1. The zero-order valence-corrected chi connectivity index (χ0v) is 13.1. The molecule has 0 bridgehead atoms. The van der Waals surface area contributed by atoms with Crippen LogP contribution in [0.1, 0.15) is 18.4 Å². The molecule has 23 heavy (non-hydrogen) atoms. The molecule has 1 aromatic carbocycles. The average molecular weight is 310 g/mol. The summed E-state index contributed by atoms with van der Waals surface area (Å²) in [5.74, 6) is 1.31. The van der Waals surface area contributed by atoms with Gasteiger partial charge < -0.3 is 10.6 Å². The second-order valence-electron chi connectivity index (χ2n) is 6.77. The molecule has 1 saturated heterocycles. The number of hydrogen-bond donors (Lipinski definition) is 1. The molecule has 2 fully saturated rings. The third kappa shape index (κ3) is 2.77. The lowest BCUT2D eigenvalue weighted by Crippen LogP contribution is -2.34. The molecule has 0 spiro atoms. The second-order valence-corrected chi connectivity index (χ2v) is 6.77. The van der Waals surface area contributed by atoms with Gasteiger partial charge in [0.15, 0.2) is 0 Å². The predicted octanol–water partition coefficient (Wildman–Crippen LogP) is 1.61. The van der Waals surface area contributed by atoms with Gasteiger partial charge in [-0.1, -0.05) is 18.2 Å². The molecule has 2 heterocycles. The van der Waals surface area contributed by atoms with E-state index in [-0.39, 0.29) is 11.9 Å². The number of carbonyl (C=O) groups is 1. The summed E-state index contributed by atoms with van der Waals surface area (Å²) >= 11 is 0. The maximum Gasteiger partial charge on any atom is 0.227 e. The lowest BCUT2D eigenvalue weighted by molar-refractivity contribution is -0.129. The van der Waals surface area contributed by atoms with Crippen LogP contribution in [0.3, 0.4) is 0 Å². The van der Waals surface area contributed by atoms with E-state index in [9.17, 15) is 4.79 Å². The van der Waals surface area contributed by atoms with Crippen LogP contribution in [0.2, 0.25) is 0 Å². The van der Waals surface area contributed by atoms with Gasteiger partial charge in [0, 0.05) is 25.3 Å². The molecule has 4 rings (SSSR count). The van der Waals surface area contributed by atoms with Crippen molar-refractivity contribution < 1.29 is 4.79 Å². The van der Waals surface area contributed by atoms with Gasteiger partial charge in [0.1, 0.15) is 0 Å². The highest BCUT2D eigenvalue weighted by atomic mass is 16.2. The molecule has 1 amide bonds. The first-order valence-corrected chi connectivity index (χ1v) is 8.33. The summed E-state index contributed by atoms with van der Waals surface area (Å²) in [5.41, 5.74) is 8.12. The first-order valence-electron chi connectivity index (χ1n) is 8.33. The Morgan fingerprint density at radius 3 is 2.83 bits per heavy atom. The predicted molar refractivity (Wildman–Crippen MR) is 88.0 cm³/mol. The van der Waals surface area contributed by atoms with Crippen LogP contribution < -0.4 is 5.73 Å². The fraction of sp³-hybridized carbons (Fsp3) is 0.444. The number of likely N-dealkylation sites (tertiary alicyclic amines) is 1. The first-order chi connectivity index (χ1) is 11.2. The number of rotatable bonds is 3. The summed E-state index contributed by atoms with van der Waals surface area (Å²) in [4.78, 5) is 14.5. The quantitative estimate of drug-likeness (QED) is 0.937. The minimum Gasteiger partial charge on any atom is -0.342 e. The SMILES string of the molecule is NC1CCC2CN(C(=O)Cc3cnn(-c4ccccc4)c3)CC12. The molecule has 1 aliphatic carbocycles. The zero-order chi connectivity index (χ0) is 15.8. The van der Waals surface area contributed by atoms with E-state index < -0.39 is 0 Å². The number of nitrogens with zero attached hydrogens (tertiary/aromatic N) is 3. The monoisotopic (exact) mass is 310 g/mol. The molecule has 1 aromatic heterocycles. The fourth-order valence-corrected chi connectivity index (χ4v) is 3.97. The van der Waals surface area contributed by atoms with Crippen molar-refractivity contribution in [1.29, 1.82) is 0 Å². The minimum atomic E-state index is 0.194. The van der Waals surface area contributed by atoms with Crippen LogP contribution in [0.5, 0.6) is 0 Å². The Morgan fingerprint density at radius 1 is 1.22 bits per heavy atom. The summed E-state index contributed by atoms with van der Waals surface area (Å²) in [6.45, 7) is 1.71. The summed E-state index contributed by atoms with van der Waals surface area (Å²) in [7, 11) is 0. The molecule has 2 N–H and O–H groups in total. The van der Waals surface area contributed by atoms with Gasteiger partial charge in [-0.25, -0.2) is 4.68 Å². The van der Waals surface area contributed by atoms with Crippen LogP contribution in [-0.4, -0.2) is 39.7 Å². The van der Waals surface area contributed by atoms with Gasteiger partial charge in [0.05, 0.1) is 18.3 Å². The summed E-state index contributed by atoms with van der Waals surface area (Å²) in [6, 6.07) is 10.2. The Hall–Kier alpha value is -2.14. The Kier molecular flexibility index (Phi) is 3.65. The Bertz CT molecular complexity index is 696. The standard InChI is InChI=1S/C18H22N4O/c19-17-7-6-14-11-21(12-16(14)17)18(23)8-13-9-20-22(10-13)15-4-2-1-3-5-15/h1-5,9-10,14,16-17H,6-8,11-12,19H2. The normalized spacial score (nSPS) is 26.5. The topological polar surface area (TPSA) is 64.2 Å². The minimum absolute atomic E-state index is 0.194. The number of nitrogens with two attached hydrogens (primary N) is 1. The summed E-state index contributed by atoms with van der Waals surface area (Å²) in [6.07, 6.45) is 6.42. The smallest absolute Gasteiger partial charge is 0.227 e. The second kappa shape index (κ2) is 5.81. The highest BCUT2D eigenvalue weighted by Gasteiger charge is 2.42. The van der Waals surface area contributed by atoms with E-state index in [1.54, 1.807) is 6.20 Å². The first kappa shape index (κ1) is 14.5. The van der Waals surface area contributed by atoms with Crippen LogP contribution in [0.15, 0.2) is 42.7 Å². The fourth-order valence-electron chi connectivity index (χ4n) is 3.97. The van der Waals surface area contributed by atoms with Crippen molar-refractivity contribution >= 4 is 5.91 Å². The maximum atomic E-state index is 12.5. The molecule has 120 valence electrons. The van der Waals surface area contributed by atoms with E-state index in [2.05, 4.69) is 5.10 Å². The average Bonchev–Trinajstić information content (AvgIpc) is 3.26. The number of benzene rings is 1. The van der Waals surface area contributed by atoms with Crippen molar-refractivity contribution in [2.75, 3.05) is 13.1 Å².